The molecular formula is C15H17F3N4O. The summed E-state index contributed by atoms with van der Waals surface area (Å²) in [4.78, 5) is 19.7. The molecule has 0 spiro atoms. The Balaban J connectivity index is 2.01. The average Bonchev–Trinajstić information content (AvgIpc) is 2.98. The molecule has 1 amide bonds. The first kappa shape index (κ1) is 17.0. The largest absolute Gasteiger partial charge is 0.414 e. The van der Waals surface area contributed by atoms with Crippen LogP contribution < -0.4 is 5.32 Å². The number of carbonyl (C=O) groups excluding carboxylic acids is 1. The van der Waals surface area contributed by atoms with Gasteiger partial charge in [-0.05, 0) is 12.1 Å². The van der Waals surface area contributed by atoms with Gasteiger partial charge in [0, 0.05) is 38.0 Å². The summed E-state index contributed by atoms with van der Waals surface area (Å²) in [7, 11) is 0. The van der Waals surface area contributed by atoms with Crippen LogP contribution in [0.3, 0.4) is 0 Å². The molecule has 0 saturated heterocycles. The van der Waals surface area contributed by atoms with Crippen molar-refractivity contribution in [2.24, 2.45) is 0 Å². The van der Waals surface area contributed by atoms with Gasteiger partial charge in [-0.2, -0.15) is 13.2 Å². The van der Waals surface area contributed by atoms with E-state index in [1.807, 2.05) is 12.2 Å². The lowest BCUT2D eigenvalue weighted by Crippen LogP contribution is -2.38. The van der Waals surface area contributed by atoms with Crippen LogP contribution >= 0.6 is 0 Å². The molecule has 8 heteroatoms. The fourth-order valence-electron chi connectivity index (χ4n) is 2.18. The Morgan fingerprint density at radius 1 is 1.30 bits per heavy atom. The first-order valence-corrected chi connectivity index (χ1v) is 7.18. The van der Waals surface area contributed by atoms with E-state index < -0.39 is 18.1 Å². The quantitative estimate of drug-likeness (QED) is 0.888. The number of halogens is 3. The number of nitrogens with zero attached hydrogens (tertiary/aromatic N) is 3. The molecule has 0 aliphatic rings. The van der Waals surface area contributed by atoms with Crippen LogP contribution in [0.4, 0.5) is 13.2 Å². The number of pyridine rings is 1. The number of hydrogen-bond acceptors (Lipinski definition) is 3. The van der Waals surface area contributed by atoms with Crippen molar-refractivity contribution in [1.29, 1.82) is 0 Å². The molecule has 5 nitrogen and oxygen atoms in total. The summed E-state index contributed by atoms with van der Waals surface area (Å²) in [6, 6.07) is 2.10. The van der Waals surface area contributed by atoms with Gasteiger partial charge in [-0.3, -0.25) is 9.78 Å². The summed E-state index contributed by atoms with van der Waals surface area (Å²) in [5.74, 6) is 0.101. The number of aryl methyl sites for hydroxylation is 2. The first-order chi connectivity index (χ1) is 10.9. The summed E-state index contributed by atoms with van der Waals surface area (Å²) in [5, 5.41) is 2.01. The van der Waals surface area contributed by atoms with Crippen LogP contribution in [0.15, 0.2) is 36.8 Å². The van der Waals surface area contributed by atoms with Gasteiger partial charge in [-0.1, -0.05) is 13.0 Å². The number of hydrogen-bond donors (Lipinski definition) is 1. The monoisotopic (exact) mass is 326 g/mol. The Kier molecular flexibility index (Phi) is 5.36. The minimum atomic E-state index is -4.60. The predicted molar refractivity (Wildman–Crippen MR) is 77.4 cm³/mol. The van der Waals surface area contributed by atoms with Crippen molar-refractivity contribution in [3.8, 4) is 0 Å². The number of rotatable bonds is 6. The van der Waals surface area contributed by atoms with Crippen molar-refractivity contribution < 1.29 is 18.0 Å². The molecule has 0 bridgehead atoms. The fourth-order valence-corrected chi connectivity index (χ4v) is 2.18. The fraction of sp³-hybridized carbons (Fsp3) is 0.400. The highest BCUT2D eigenvalue weighted by atomic mass is 19.4. The Bertz CT molecular complexity index is 640. The van der Waals surface area contributed by atoms with Gasteiger partial charge in [0.25, 0.3) is 0 Å². The molecule has 0 aromatic carbocycles. The Morgan fingerprint density at radius 2 is 2.09 bits per heavy atom. The van der Waals surface area contributed by atoms with Crippen LogP contribution in [0.25, 0.3) is 0 Å². The van der Waals surface area contributed by atoms with E-state index in [0.29, 0.717) is 6.42 Å². The molecule has 1 unspecified atom stereocenters. The maximum Gasteiger partial charge on any atom is 0.414 e. The molecule has 23 heavy (non-hydrogen) atoms. The zero-order valence-electron chi connectivity index (χ0n) is 12.5. The maximum absolute atomic E-state index is 13.1. The Morgan fingerprint density at radius 3 is 2.70 bits per heavy atom. The third-order valence-corrected chi connectivity index (χ3v) is 3.31. The minimum Gasteiger partial charge on any atom is -0.340 e. The van der Waals surface area contributed by atoms with Crippen molar-refractivity contribution in [3.05, 3.63) is 48.3 Å². The van der Waals surface area contributed by atoms with Crippen LogP contribution in [-0.2, 0) is 17.8 Å². The molecule has 2 rings (SSSR count). The van der Waals surface area contributed by atoms with Crippen molar-refractivity contribution in [1.82, 2.24) is 19.9 Å². The Labute approximate surface area is 131 Å². The molecule has 2 heterocycles. The number of alkyl halides is 3. The second-order valence-electron chi connectivity index (χ2n) is 4.94. The van der Waals surface area contributed by atoms with Gasteiger partial charge < -0.3 is 9.88 Å². The van der Waals surface area contributed by atoms with E-state index in [-0.39, 0.29) is 18.7 Å². The minimum absolute atomic E-state index is 0.0667. The van der Waals surface area contributed by atoms with Crippen LogP contribution in [-0.4, -0.2) is 26.6 Å². The van der Waals surface area contributed by atoms with Crippen LogP contribution in [0.5, 0.6) is 0 Å². The SMILES string of the molecule is CCc1nccn1CCC(=O)NC(c1ccccn1)C(F)(F)F. The molecule has 0 aliphatic heterocycles. The lowest BCUT2D eigenvalue weighted by molar-refractivity contribution is -0.164. The number of imidazole rings is 1. The van der Waals surface area contributed by atoms with Crippen molar-refractivity contribution in [3.63, 3.8) is 0 Å². The zero-order valence-corrected chi connectivity index (χ0v) is 12.5. The normalized spacial score (nSPS) is 12.9. The zero-order chi connectivity index (χ0) is 16.9. The number of nitrogens with one attached hydrogen (secondary N) is 1. The van der Waals surface area contributed by atoms with Gasteiger partial charge in [0.1, 0.15) is 5.82 Å². The highest BCUT2D eigenvalue weighted by Crippen LogP contribution is 2.31. The van der Waals surface area contributed by atoms with E-state index in [4.69, 9.17) is 0 Å². The average molecular weight is 326 g/mol. The van der Waals surface area contributed by atoms with E-state index in [0.717, 1.165) is 5.82 Å². The first-order valence-electron chi connectivity index (χ1n) is 7.18. The maximum atomic E-state index is 13.1. The molecule has 124 valence electrons. The highest BCUT2D eigenvalue weighted by Gasteiger charge is 2.42. The third kappa shape index (κ3) is 4.54. The molecular weight excluding hydrogens is 309 g/mol. The summed E-state index contributed by atoms with van der Waals surface area (Å²) in [5.41, 5.74) is -0.231. The molecule has 0 radical (unpaired) electrons. The smallest absolute Gasteiger partial charge is 0.340 e. The standard InChI is InChI=1S/C15H17F3N4O/c1-2-12-20-8-10-22(12)9-6-13(23)21-14(15(16,17)18)11-5-3-4-7-19-11/h3-5,7-8,10,14H,2,6,9H2,1H3,(H,21,23). The van der Waals surface area contributed by atoms with E-state index in [1.54, 1.807) is 17.0 Å². The predicted octanol–water partition coefficient (Wildman–Crippen LogP) is 2.65. The second kappa shape index (κ2) is 7.26. The summed E-state index contributed by atoms with van der Waals surface area (Å²) < 4.78 is 41.1. The van der Waals surface area contributed by atoms with Crippen LogP contribution in [0, 0.1) is 0 Å². The van der Waals surface area contributed by atoms with E-state index in [9.17, 15) is 18.0 Å². The molecule has 2 aromatic rings. The van der Waals surface area contributed by atoms with Crippen LogP contribution in [0.2, 0.25) is 0 Å². The molecule has 1 N–H and O–H groups in total. The van der Waals surface area contributed by atoms with Gasteiger partial charge in [0.2, 0.25) is 5.91 Å². The van der Waals surface area contributed by atoms with E-state index >= 15 is 0 Å². The molecule has 0 saturated carbocycles. The second-order valence-corrected chi connectivity index (χ2v) is 4.94. The summed E-state index contributed by atoms with van der Waals surface area (Å²) in [6.45, 7) is 2.20. The topological polar surface area (TPSA) is 59.8 Å². The highest BCUT2D eigenvalue weighted by molar-refractivity contribution is 5.76. The number of amides is 1. The van der Waals surface area contributed by atoms with E-state index in [2.05, 4.69) is 9.97 Å². The van der Waals surface area contributed by atoms with Crippen molar-refractivity contribution in [2.45, 2.75) is 38.5 Å². The molecule has 0 fully saturated rings. The third-order valence-electron chi connectivity index (χ3n) is 3.31. The number of aromatic nitrogens is 3. The van der Waals surface area contributed by atoms with Gasteiger partial charge in [-0.25, -0.2) is 4.98 Å². The van der Waals surface area contributed by atoms with Gasteiger partial charge in [0.15, 0.2) is 6.04 Å². The summed E-state index contributed by atoms with van der Waals surface area (Å²) >= 11 is 0. The number of carbonyl (C=O) groups is 1. The van der Waals surface area contributed by atoms with Crippen molar-refractivity contribution >= 4 is 5.91 Å². The Hall–Kier alpha value is -2.38. The van der Waals surface area contributed by atoms with Gasteiger partial charge >= 0.3 is 6.18 Å². The molecule has 0 aliphatic carbocycles. The molecule has 1 atom stereocenters. The molecule has 2 aromatic heterocycles. The van der Waals surface area contributed by atoms with Gasteiger partial charge in [0.05, 0.1) is 5.69 Å². The van der Waals surface area contributed by atoms with Crippen LogP contribution in [0.1, 0.15) is 30.9 Å². The summed E-state index contributed by atoms with van der Waals surface area (Å²) in [6.07, 6.45) is 0.582. The van der Waals surface area contributed by atoms with Gasteiger partial charge in [-0.15, -0.1) is 0 Å². The lowest BCUT2D eigenvalue weighted by atomic mass is 10.1. The van der Waals surface area contributed by atoms with E-state index in [1.165, 1.54) is 24.4 Å². The van der Waals surface area contributed by atoms with Crippen molar-refractivity contribution in [2.75, 3.05) is 0 Å². The lowest BCUT2D eigenvalue weighted by Gasteiger charge is -2.21.